The third-order valence-corrected chi connectivity index (χ3v) is 5.80. The minimum atomic E-state index is -0.298. The van der Waals surface area contributed by atoms with Crippen LogP contribution in [0.3, 0.4) is 0 Å². The Bertz CT molecular complexity index is 1040. The summed E-state index contributed by atoms with van der Waals surface area (Å²) in [6.07, 6.45) is 6.03. The van der Waals surface area contributed by atoms with Crippen molar-refractivity contribution in [3.63, 3.8) is 0 Å². The van der Waals surface area contributed by atoms with E-state index >= 15 is 0 Å². The Balaban J connectivity index is 1.73. The van der Waals surface area contributed by atoms with Gasteiger partial charge in [-0.2, -0.15) is 0 Å². The average molecular weight is 351 g/mol. The molecular formula is C21H16ClFN2. The van der Waals surface area contributed by atoms with Crippen molar-refractivity contribution in [2.75, 3.05) is 0 Å². The minimum Gasteiger partial charge on any atom is -0.277 e. The zero-order valence-electron chi connectivity index (χ0n) is 13.6. The molecule has 3 aromatic rings. The van der Waals surface area contributed by atoms with Crippen molar-refractivity contribution >= 4 is 28.2 Å². The first-order valence-corrected chi connectivity index (χ1v) is 8.95. The van der Waals surface area contributed by atoms with Crippen molar-refractivity contribution in [3.05, 3.63) is 76.2 Å². The lowest BCUT2D eigenvalue weighted by Gasteiger charge is -2.42. The van der Waals surface area contributed by atoms with Crippen LogP contribution in [0.2, 0.25) is 5.02 Å². The molecule has 1 fully saturated rings. The van der Waals surface area contributed by atoms with Gasteiger partial charge in [-0.05, 0) is 49.4 Å². The molecule has 0 N–H and O–H groups in total. The molecule has 124 valence electrons. The van der Waals surface area contributed by atoms with Crippen LogP contribution in [0, 0.1) is 5.82 Å². The van der Waals surface area contributed by atoms with Crippen molar-refractivity contribution in [3.8, 4) is 0 Å². The van der Waals surface area contributed by atoms with E-state index in [2.05, 4.69) is 11.1 Å². The molecule has 0 amide bonds. The number of para-hydroxylation sites is 1. The van der Waals surface area contributed by atoms with Crippen molar-refractivity contribution in [2.45, 2.75) is 31.2 Å². The molecule has 5 rings (SSSR count). The van der Waals surface area contributed by atoms with Gasteiger partial charge in [0.1, 0.15) is 11.3 Å². The largest absolute Gasteiger partial charge is 0.277 e. The molecule has 0 unspecified atom stereocenters. The van der Waals surface area contributed by atoms with Gasteiger partial charge in [-0.15, -0.1) is 0 Å². The Morgan fingerprint density at radius 2 is 1.92 bits per heavy atom. The van der Waals surface area contributed by atoms with Crippen molar-refractivity contribution in [1.29, 1.82) is 0 Å². The van der Waals surface area contributed by atoms with E-state index in [1.807, 2.05) is 24.3 Å². The van der Waals surface area contributed by atoms with Crippen LogP contribution in [0.15, 0.2) is 53.7 Å². The molecular weight excluding hydrogens is 335 g/mol. The van der Waals surface area contributed by atoms with Gasteiger partial charge in [0.2, 0.25) is 0 Å². The van der Waals surface area contributed by atoms with E-state index in [4.69, 9.17) is 16.6 Å². The Morgan fingerprint density at radius 1 is 1.08 bits per heavy atom. The number of aromatic nitrogens is 1. The quantitative estimate of drug-likeness (QED) is 0.581. The second-order valence-electron chi connectivity index (χ2n) is 7.02. The number of hydrogen-bond acceptors (Lipinski definition) is 2. The first-order valence-electron chi connectivity index (χ1n) is 8.58. The standard InChI is InChI=1S/C21H16ClFN2/c22-17-6-2-5-15-16(17)11-21(8-3-9-21)25-19(15)14-10-13-4-1-7-18(23)20(13)24-12-14/h1-2,4-7,10,12H,3,8-9,11H2. The van der Waals surface area contributed by atoms with Gasteiger partial charge in [-0.3, -0.25) is 9.98 Å². The van der Waals surface area contributed by atoms with E-state index in [-0.39, 0.29) is 11.4 Å². The molecule has 0 atom stereocenters. The number of nitrogens with zero attached hydrogens (tertiary/aromatic N) is 2. The molecule has 4 heteroatoms. The van der Waals surface area contributed by atoms with Crippen LogP contribution in [-0.4, -0.2) is 16.2 Å². The van der Waals surface area contributed by atoms with Crippen LogP contribution in [0.5, 0.6) is 0 Å². The van der Waals surface area contributed by atoms with Crippen LogP contribution < -0.4 is 0 Å². The van der Waals surface area contributed by atoms with E-state index in [1.54, 1.807) is 12.3 Å². The number of hydrogen-bond donors (Lipinski definition) is 0. The summed E-state index contributed by atoms with van der Waals surface area (Å²) in [5.41, 5.74) is 4.47. The molecule has 1 aliphatic carbocycles. The lowest BCUT2D eigenvalue weighted by Crippen LogP contribution is -2.41. The lowest BCUT2D eigenvalue weighted by molar-refractivity contribution is 0.248. The van der Waals surface area contributed by atoms with E-state index in [0.29, 0.717) is 5.52 Å². The zero-order valence-corrected chi connectivity index (χ0v) is 14.4. The van der Waals surface area contributed by atoms with Crippen LogP contribution in [0.1, 0.15) is 36.0 Å². The molecule has 1 aliphatic heterocycles. The van der Waals surface area contributed by atoms with Crippen LogP contribution >= 0.6 is 11.6 Å². The first kappa shape index (κ1) is 15.0. The highest BCUT2D eigenvalue weighted by molar-refractivity contribution is 6.32. The number of rotatable bonds is 1. The molecule has 25 heavy (non-hydrogen) atoms. The predicted molar refractivity (Wildman–Crippen MR) is 99.1 cm³/mol. The summed E-state index contributed by atoms with van der Waals surface area (Å²) in [5.74, 6) is -0.298. The molecule has 1 aromatic heterocycles. The van der Waals surface area contributed by atoms with Gasteiger partial charge in [-0.25, -0.2) is 4.39 Å². The lowest BCUT2D eigenvalue weighted by atomic mass is 9.70. The van der Waals surface area contributed by atoms with E-state index in [0.717, 1.165) is 46.5 Å². The molecule has 0 bridgehead atoms. The Morgan fingerprint density at radius 3 is 2.72 bits per heavy atom. The summed E-state index contributed by atoms with van der Waals surface area (Å²) in [4.78, 5) is 9.48. The molecule has 2 aliphatic rings. The molecule has 1 saturated carbocycles. The van der Waals surface area contributed by atoms with Gasteiger partial charge < -0.3 is 0 Å². The van der Waals surface area contributed by atoms with Gasteiger partial charge >= 0.3 is 0 Å². The Kier molecular flexibility index (Phi) is 3.23. The summed E-state index contributed by atoms with van der Waals surface area (Å²) in [5, 5.41) is 1.59. The monoisotopic (exact) mass is 350 g/mol. The van der Waals surface area contributed by atoms with Crippen LogP contribution in [-0.2, 0) is 6.42 Å². The molecule has 2 nitrogen and oxygen atoms in total. The fraction of sp³-hybridized carbons (Fsp3) is 0.238. The van der Waals surface area contributed by atoms with Gasteiger partial charge in [0.25, 0.3) is 0 Å². The SMILES string of the molecule is Fc1cccc2cc(C3=NC4(CCC4)Cc4c(Cl)cccc43)cnc12. The second-order valence-corrected chi connectivity index (χ2v) is 7.42. The Labute approximate surface area is 150 Å². The molecule has 0 saturated heterocycles. The topological polar surface area (TPSA) is 25.2 Å². The van der Waals surface area contributed by atoms with Gasteiger partial charge in [0.05, 0.1) is 11.3 Å². The maximum Gasteiger partial charge on any atom is 0.149 e. The van der Waals surface area contributed by atoms with Gasteiger partial charge in [0, 0.05) is 27.7 Å². The first-order chi connectivity index (χ1) is 12.2. The highest BCUT2D eigenvalue weighted by Crippen LogP contribution is 2.44. The molecule has 0 radical (unpaired) electrons. The third kappa shape index (κ3) is 2.30. The molecule has 1 spiro atoms. The summed E-state index contributed by atoms with van der Waals surface area (Å²) in [7, 11) is 0. The number of benzene rings is 2. The summed E-state index contributed by atoms with van der Waals surface area (Å²) in [6.45, 7) is 0. The fourth-order valence-electron chi connectivity index (χ4n) is 3.97. The van der Waals surface area contributed by atoms with Crippen molar-refractivity contribution in [1.82, 2.24) is 4.98 Å². The van der Waals surface area contributed by atoms with Gasteiger partial charge in [-0.1, -0.05) is 35.9 Å². The van der Waals surface area contributed by atoms with E-state index in [9.17, 15) is 4.39 Å². The normalized spacial score (nSPS) is 17.9. The minimum absolute atomic E-state index is 0.0236. The molecule has 2 heterocycles. The fourth-order valence-corrected chi connectivity index (χ4v) is 4.21. The number of pyridine rings is 1. The molecule has 2 aromatic carbocycles. The number of aliphatic imine (C=N–C) groups is 1. The zero-order chi connectivity index (χ0) is 17.0. The maximum absolute atomic E-state index is 13.9. The number of halogens is 2. The predicted octanol–water partition coefficient (Wildman–Crippen LogP) is 5.34. The van der Waals surface area contributed by atoms with Crippen molar-refractivity contribution < 1.29 is 4.39 Å². The highest BCUT2D eigenvalue weighted by Gasteiger charge is 2.41. The number of fused-ring (bicyclic) bond motifs is 2. The van der Waals surface area contributed by atoms with E-state index in [1.165, 1.54) is 18.1 Å². The van der Waals surface area contributed by atoms with Crippen LogP contribution in [0.25, 0.3) is 10.9 Å². The third-order valence-electron chi connectivity index (χ3n) is 5.45. The van der Waals surface area contributed by atoms with Crippen LogP contribution in [0.4, 0.5) is 4.39 Å². The summed E-state index contributed by atoms with van der Waals surface area (Å²) >= 11 is 6.50. The van der Waals surface area contributed by atoms with E-state index < -0.39 is 0 Å². The summed E-state index contributed by atoms with van der Waals surface area (Å²) in [6, 6.07) is 13.0. The van der Waals surface area contributed by atoms with Gasteiger partial charge in [0.15, 0.2) is 0 Å². The smallest absolute Gasteiger partial charge is 0.149 e. The summed E-state index contributed by atoms with van der Waals surface area (Å²) < 4.78 is 13.9. The van der Waals surface area contributed by atoms with Crippen molar-refractivity contribution in [2.24, 2.45) is 4.99 Å². The highest BCUT2D eigenvalue weighted by atomic mass is 35.5. The maximum atomic E-state index is 13.9. The average Bonchev–Trinajstić information content (AvgIpc) is 2.60. The Hall–Kier alpha value is -2.26. The second kappa shape index (κ2) is 5.37.